The lowest BCUT2D eigenvalue weighted by atomic mass is 9.97. The van der Waals surface area contributed by atoms with Gasteiger partial charge in [0.1, 0.15) is 5.75 Å². The summed E-state index contributed by atoms with van der Waals surface area (Å²) in [7, 11) is 1.70. The molecule has 0 heterocycles. The van der Waals surface area contributed by atoms with Gasteiger partial charge in [0.05, 0.1) is 12.5 Å². The van der Waals surface area contributed by atoms with Crippen LogP contribution >= 0.6 is 43.5 Å². The number of ether oxygens (including phenoxy) is 1. The number of alkyl halides is 1. The molecule has 0 aliphatic carbocycles. The molecule has 0 radical (unpaired) electrons. The lowest BCUT2D eigenvalue weighted by Crippen LogP contribution is -2.04. The molecule has 0 aliphatic rings. The summed E-state index contributed by atoms with van der Waals surface area (Å²) in [6.45, 7) is 4.11. The van der Waals surface area contributed by atoms with E-state index in [1.165, 1.54) is 5.56 Å². The number of aryl methyl sites for hydroxylation is 1. The third-order valence-corrected chi connectivity index (χ3v) is 5.28. The molecule has 21 heavy (non-hydrogen) atoms. The second-order valence-corrected chi connectivity index (χ2v) is 7.34. The van der Waals surface area contributed by atoms with Crippen LogP contribution in [0, 0.1) is 13.8 Å². The van der Waals surface area contributed by atoms with Crippen molar-refractivity contribution in [3.63, 3.8) is 0 Å². The van der Waals surface area contributed by atoms with Crippen molar-refractivity contribution in [2.45, 2.75) is 25.6 Å². The second kappa shape index (κ2) is 7.17. The highest BCUT2D eigenvalue weighted by Gasteiger charge is 2.20. The number of rotatable bonds is 4. The average Bonchev–Trinajstić information content (AvgIpc) is 2.44. The minimum Gasteiger partial charge on any atom is -0.496 e. The molecule has 0 spiro atoms. The quantitative estimate of drug-likeness (QED) is 0.511. The first-order valence-corrected chi connectivity index (χ1v) is 8.68. The molecule has 0 bridgehead atoms. The van der Waals surface area contributed by atoms with Gasteiger partial charge in [0.25, 0.3) is 0 Å². The predicted octanol–water partition coefficient (Wildman–Crippen LogP) is 6.36. The van der Waals surface area contributed by atoms with Crippen LogP contribution in [0.15, 0.2) is 39.3 Å². The minimum atomic E-state index is -0.127. The number of benzene rings is 2. The molecule has 1 nitrogen and oxygen atoms in total. The Morgan fingerprint density at radius 2 is 1.76 bits per heavy atom. The van der Waals surface area contributed by atoms with Crippen molar-refractivity contribution in [2.24, 2.45) is 0 Å². The van der Waals surface area contributed by atoms with Crippen molar-refractivity contribution in [3.8, 4) is 5.75 Å². The summed E-state index contributed by atoms with van der Waals surface area (Å²) in [5.41, 5.74) is 4.49. The summed E-state index contributed by atoms with van der Waals surface area (Å²) < 4.78 is 7.72. The predicted molar refractivity (Wildman–Crippen MR) is 96.6 cm³/mol. The first-order chi connectivity index (χ1) is 9.93. The van der Waals surface area contributed by atoms with E-state index in [0.717, 1.165) is 37.8 Å². The molecule has 2 aromatic carbocycles. The van der Waals surface area contributed by atoms with Crippen molar-refractivity contribution >= 4 is 43.5 Å². The molecule has 112 valence electrons. The maximum absolute atomic E-state index is 6.70. The zero-order valence-corrected chi connectivity index (χ0v) is 16.1. The smallest absolute Gasteiger partial charge is 0.126 e. The van der Waals surface area contributed by atoms with Crippen LogP contribution in [-0.4, -0.2) is 7.11 Å². The van der Waals surface area contributed by atoms with Gasteiger partial charge in [0, 0.05) is 14.5 Å². The molecule has 0 N–H and O–H groups in total. The summed E-state index contributed by atoms with van der Waals surface area (Å²) in [6.07, 6.45) is 0.766. The minimum absolute atomic E-state index is 0.127. The molecule has 0 aliphatic heterocycles. The molecule has 1 atom stereocenters. The highest BCUT2D eigenvalue weighted by atomic mass is 79.9. The van der Waals surface area contributed by atoms with Gasteiger partial charge < -0.3 is 4.74 Å². The Hall–Kier alpha value is -0.510. The molecular formula is C17H17Br2ClO. The zero-order valence-electron chi connectivity index (χ0n) is 12.2. The highest BCUT2D eigenvalue weighted by Crippen LogP contribution is 2.40. The molecule has 0 saturated heterocycles. The number of hydrogen-bond donors (Lipinski definition) is 0. The third kappa shape index (κ3) is 3.82. The number of hydrogen-bond acceptors (Lipinski definition) is 1. The first kappa shape index (κ1) is 16.9. The van der Waals surface area contributed by atoms with Crippen molar-refractivity contribution in [1.82, 2.24) is 0 Å². The Labute approximate surface area is 147 Å². The maximum atomic E-state index is 6.70. The van der Waals surface area contributed by atoms with Gasteiger partial charge in [0.2, 0.25) is 0 Å². The molecule has 0 fully saturated rings. The monoisotopic (exact) mass is 430 g/mol. The van der Waals surface area contributed by atoms with Gasteiger partial charge in [-0.15, -0.1) is 11.6 Å². The van der Waals surface area contributed by atoms with Crippen LogP contribution < -0.4 is 4.74 Å². The van der Waals surface area contributed by atoms with E-state index < -0.39 is 0 Å². The van der Waals surface area contributed by atoms with Crippen LogP contribution in [0.5, 0.6) is 5.75 Å². The van der Waals surface area contributed by atoms with Crippen LogP contribution in [-0.2, 0) is 6.42 Å². The lowest BCUT2D eigenvalue weighted by Gasteiger charge is -2.20. The summed E-state index contributed by atoms with van der Waals surface area (Å²) in [6, 6.07) is 10.3. The largest absolute Gasteiger partial charge is 0.496 e. The van der Waals surface area contributed by atoms with Crippen LogP contribution in [0.2, 0.25) is 0 Å². The average molecular weight is 433 g/mol. The summed E-state index contributed by atoms with van der Waals surface area (Å²) >= 11 is 13.8. The van der Waals surface area contributed by atoms with Crippen molar-refractivity contribution < 1.29 is 4.74 Å². The highest BCUT2D eigenvalue weighted by molar-refractivity contribution is 9.10. The Morgan fingerprint density at radius 1 is 1.14 bits per heavy atom. The van der Waals surface area contributed by atoms with Crippen molar-refractivity contribution in [3.05, 3.63) is 61.5 Å². The van der Waals surface area contributed by atoms with E-state index >= 15 is 0 Å². The number of halogens is 3. The Kier molecular flexibility index (Phi) is 5.75. The van der Waals surface area contributed by atoms with Crippen LogP contribution in [0.25, 0.3) is 0 Å². The topological polar surface area (TPSA) is 9.23 Å². The van der Waals surface area contributed by atoms with E-state index in [4.69, 9.17) is 16.3 Å². The van der Waals surface area contributed by atoms with Gasteiger partial charge in [-0.1, -0.05) is 44.0 Å². The van der Waals surface area contributed by atoms with Crippen LogP contribution in [0.4, 0.5) is 0 Å². The summed E-state index contributed by atoms with van der Waals surface area (Å²) in [5, 5.41) is -0.127. The van der Waals surface area contributed by atoms with E-state index in [2.05, 4.69) is 57.0 Å². The van der Waals surface area contributed by atoms with Crippen LogP contribution in [0.1, 0.15) is 27.6 Å². The fraction of sp³-hybridized carbons (Fsp3) is 0.294. The van der Waals surface area contributed by atoms with Crippen molar-refractivity contribution in [2.75, 3.05) is 7.11 Å². The van der Waals surface area contributed by atoms with E-state index in [9.17, 15) is 0 Å². The molecule has 1 unspecified atom stereocenters. The SMILES string of the molecule is COc1c(C)cc(Br)c(C)c1C(Cl)Cc1ccc(Br)cc1. The molecule has 2 rings (SSSR count). The third-order valence-electron chi connectivity index (χ3n) is 3.55. The summed E-state index contributed by atoms with van der Waals surface area (Å²) in [4.78, 5) is 0. The van der Waals surface area contributed by atoms with E-state index in [0.29, 0.717) is 0 Å². The first-order valence-electron chi connectivity index (χ1n) is 6.66. The van der Waals surface area contributed by atoms with Gasteiger partial charge in [-0.25, -0.2) is 0 Å². The van der Waals surface area contributed by atoms with Gasteiger partial charge in [-0.05, 0) is 55.2 Å². The molecule has 4 heteroatoms. The number of methoxy groups -OCH3 is 1. The van der Waals surface area contributed by atoms with Crippen LogP contribution in [0.3, 0.4) is 0 Å². The lowest BCUT2D eigenvalue weighted by molar-refractivity contribution is 0.405. The standard InChI is InChI=1S/C17H17Br2ClO/c1-10-8-14(19)11(2)16(17(10)21-3)15(20)9-12-4-6-13(18)7-5-12/h4-8,15H,9H2,1-3H3. The van der Waals surface area contributed by atoms with Gasteiger partial charge in [-0.2, -0.15) is 0 Å². The molecule has 0 aromatic heterocycles. The van der Waals surface area contributed by atoms with E-state index in [-0.39, 0.29) is 5.38 Å². The molecule has 0 saturated carbocycles. The van der Waals surface area contributed by atoms with Gasteiger partial charge in [-0.3, -0.25) is 0 Å². The fourth-order valence-electron chi connectivity index (χ4n) is 2.45. The van der Waals surface area contributed by atoms with E-state index in [1.54, 1.807) is 7.11 Å². The Balaban J connectivity index is 2.38. The molecule has 2 aromatic rings. The van der Waals surface area contributed by atoms with Gasteiger partial charge >= 0.3 is 0 Å². The Morgan fingerprint density at radius 3 is 2.33 bits per heavy atom. The van der Waals surface area contributed by atoms with E-state index in [1.807, 2.05) is 19.1 Å². The second-order valence-electron chi connectivity index (χ2n) is 5.05. The normalized spacial score (nSPS) is 12.3. The Bertz CT molecular complexity index is 638. The zero-order chi connectivity index (χ0) is 15.6. The molecular weight excluding hydrogens is 415 g/mol. The molecule has 0 amide bonds. The summed E-state index contributed by atoms with van der Waals surface area (Å²) in [5.74, 6) is 0.882. The van der Waals surface area contributed by atoms with Crippen molar-refractivity contribution in [1.29, 1.82) is 0 Å². The van der Waals surface area contributed by atoms with Gasteiger partial charge in [0.15, 0.2) is 0 Å². The fourth-order valence-corrected chi connectivity index (χ4v) is 3.72. The maximum Gasteiger partial charge on any atom is 0.126 e.